The van der Waals surface area contributed by atoms with Gasteiger partial charge in [-0.15, -0.1) is 0 Å². The lowest BCUT2D eigenvalue weighted by atomic mass is 10.2. The molecule has 0 atom stereocenters. The van der Waals surface area contributed by atoms with Gasteiger partial charge >= 0.3 is 0 Å². The van der Waals surface area contributed by atoms with Gasteiger partial charge in [-0.2, -0.15) is 5.10 Å². The van der Waals surface area contributed by atoms with Crippen molar-refractivity contribution in [3.63, 3.8) is 0 Å². The third-order valence-corrected chi connectivity index (χ3v) is 1.72. The van der Waals surface area contributed by atoms with E-state index in [-0.39, 0.29) is 5.78 Å². The van der Waals surface area contributed by atoms with E-state index in [0.29, 0.717) is 5.56 Å². The number of rotatable bonds is 2. The summed E-state index contributed by atoms with van der Waals surface area (Å²) < 4.78 is 1.55. The van der Waals surface area contributed by atoms with Gasteiger partial charge < -0.3 is 0 Å². The molecule has 0 aliphatic rings. The summed E-state index contributed by atoms with van der Waals surface area (Å²) >= 11 is 0. The molecule has 0 spiro atoms. The summed E-state index contributed by atoms with van der Waals surface area (Å²) in [7, 11) is 0. The number of ketones is 1. The molecular weight excluding hydrogens is 166 g/mol. The second kappa shape index (κ2) is 2.82. The molecule has 2 aromatic rings. The number of allylic oxidation sites excluding steroid dienone is 1. The van der Waals surface area contributed by atoms with Gasteiger partial charge in [0.25, 0.3) is 0 Å². The molecule has 0 unspecified atom stereocenters. The molecule has 13 heavy (non-hydrogen) atoms. The van der Waals surface area contributed by atoms with Crippen LogP contribution in [0.25, 0.3) is 5.65 Å². The molecule has 0 aliphatic heterocycles. The molecule has 0 saturated carbocycles. The minimum atomic E-state index is -0.148. The second-order valence-corrected chi connectivity index (χ2v) is 2.54. The molecule has 0 bridgehead atoms. The van der Waals surface area contributed by atoms with Crippen LogP contribution in [-0.4, -0.2) is 20.4 Å². The number of hydrogen-bond acceptors (Lipinski definition) is 3. The first-order valence-electron chi connectivity index (χ1n) is 3.77. The van der Waals surface area contributed by atoms with Crippen LogP contribution in [0.5, 0.6) is 0 Å². The van der Waals surface area contributed by atoms with E-state index in [0.717, 1.165) is 5.65 Å². The normalized spacial score (nSPS) is 10.2. The third-order valence-electron chi connectivity index (χ3n) is 1.72. The van der Waals surface area contributed by atoms with Crippen LogP contribution in [0.15, 0.2) is 37.3 Å². The van der Waals surface area contributed by atoms with E-state index < -0.39 is 0 Å². The Hall–Kier alpha value is -1.97. The lowest BCUT2D eigenvalue weighted by molar-refractivity contribution is 0.104. The largest absolute Gasteiger partial charge is 0.289 e. The first kappa shape index (κ1) is 7.67. The Morgan fingerprint density at radius 3 is 3.23 bits per heavy atom. The Balaban J connectivity index is 2.60. The van der Waals surface area contributed by atoms with E-state index in [2.05, 4.69) is 16.7 Å². The zero-order chi connectivity index (χ0) is 9.26. The molecule has 0 aliphatic carbocycles. The van der Waals surface area contributed by atoms with Gasteiger partial charge in [-0.05, 0) is 6.08 Å². The van der Waals surface area contributed by atoms with Crippen LogP contribution >= 0.6 is 0 Å². The van der Waals surface area contributed by atoms with Crippen molar-refractivity contribution in [2.45, 2.75) is 0 Å². The molecular formula is C9H7N3O. The number of nitrogens with zero attached hydrogens (tertiary/aromatic N) is 3. The predicted octanol–water partition coefficient (Wildman–Crippen LogP) is 1.10. The maximum absolute atomic E-state index is 11.2. The Bertz CT molecular complexity index is 472. The van der Waals surface area contributed by atoms with Crippen molar-refractivity contribution >= 4 is 11.4 Å². The Morgan fingerprint density at radius 1 is 1.62 bits per heavy atom. The second-order valence-electron chi connectivity index (χ2n) is 2.54. The van der Waals surface area contributed by atoms with Crippen molar-refractivity contribution in [1.82, 2.24) is 14.6 Å². The molecule has 0 aromatic carbocycles. The van der Waals surface area contributed by atoms with Crippen molar-refractivity contribution in [2.24, 2.45) is 0 Å². The monoisotopic (exact) mass is 173 g/mol. The maximum atomic E-state index is 11.2. The summed E-state index contributed by atoms with van der Waals surface area (Å²) in [6, 6.07) is 1.77. The SMILES string of the molecule is C=CC(=O)c1cnc2ccnn2c1. The Labute approximate surface area is 74.5 Å². The average molecular weight is 173 g/mol. The van der Waals surface area contributed by atoms with Crippen LogP contribution in [0.2, 0.25) is 0 Å². The molecule has 0 N–H and O–H groups in total. The zero-order valence-corrected chi connectivity index (χ0v) is 6.84. The van der Waals surface area contributed by atoms with Crippen molar-refractivity contribution in [1.29, 1.82) is 0 Å². The van der Waals surface area contributed by atoms with Crippen LogP contribution in [0.4, 0.5) is 0 Å². The predicted molar refractivity (Wildman–Crippen MR) is 47.5 cm³/mol. The quantitative estimate of drug-likeness (QED) is 0.504. The van der Waals surface area contributed by atoms with Crippen molar-refractivity contribution < 1.29 is 4.79 Å². The summed E-state index contributed by atoms with van der Waals surface area (Å²) in [6.07, 6.45) is 6.03. The molecule has 0 radical (unpaired) electrons. The molecule has 2 rings (SSSR count). The fourth-order valence-corrected chi connectivity index (χ4v) is 1.05. The number of fused-ring (bicyclic) bond motifs is 1. The number of carbonyl (C=O) groups excluding carboxylic acids is 1. The molecule has 4 heteroatoms. The van der Waals surface area contributed by atoms with E-state index in [1.807, 2.05) is 0 Å². The lowest BCUT2D eigenvalue weighted by Gasteiger charge is -1.95. The third kappa shape index (κ3) is 1.22. The molecule has 0 amide bonds. The molecule has 0 saturated heterocycles. The van der Waals surface area contributed by atoms with Gasteiger partial charge in [0.1, 0.15) is 0 Å². The van der Waals surface area contributed by atoms with E-state index in [4.69, 9.17) is 0 Å². The van der Waals surface area contributed by atoms with Crippen LogP contribution in [-0.2, 0) is 0 Å². The van der Waals surface area contributed by atoms with E-state index in [1.165, 1.54) is 12.3 Å². The minimum absolute atomic E-state index is 0.148. The number of aromatic nitrogens is 3. The van der Waals surface area contributed by atoms with Crippen LogP contribution in [0.3, 0.4) is 0 Å². The standard InChI is InChI=1S/C9H7N3O/c1-2-8(13)7-5-10-9-3-4-11-12(9)6-7/h2-6H,1H2. The highest BCUT2D eigenvalue weighted by molar-refractivity contribution is 6.03. The maximum Gasteiger partial charge on any atom is 0.188 e. The van der Waals surface area contributed by atoms with Gasteiger partial charge in [-0.1, -0.05) is 6.58 Å². The van der Waals surface area contributed by atoms with Crippen LogP contribution in [0, 0.1) is 0 Å². The first-order chi connectivity index (χ1) is 6.31. The molecule has 2 aromatic heterocycles. The van der Waals surface area contributed by atoms with E-state index in [1.54, 1.807) is 23.0 Å². The minimum Gasteiger partial charge on any atom is -0.289 e. The average Bonchev–Trinajstić information content (AvgIpc) is 2.63. The van der Waals surface area contributed by atoms with Crippen LogP contribution < -0.4 is 0 Å². The molecule has 64 valence electrons. The molecule has 4 nitrogen and oxygen atoms in total. The fourth-order valence-electron chi connectivity index (χ4n) is 1.05. The summed E-state index contributed by atoms with van der Waals surface area (Å²) in [5, 5.41) is 3.96. The number of hydrogen-bond donors (Lipinski definition) is 0. The smallest absolute Gasteiger partial charge is 0.188 e. The van der Waals surface area contributed by atoms with Gasteiger partial charge in [0, 0.05) is 18.5 Å². The summed E-state index contributed by atoms with van der Waals surface area (Å²) in [4.78, 5) is 15.2. The highest BCUT2D eigenvalue weighted by Gasteiger charge is 2.02. The van der Waals surface area contributed by atoms with Gasteiger partial charge in [0.2, 0.25) is 0 Å². The molecule has 2 heterocycles. The zero-order valence-electron chi connectivity index (χ0n) is 6.84. The van der Waals surface area contributed by atoms with E-state index in [9.17, 15) is 4.79 Å². The highest BCUT2D eigenvalue weighted by Crippen LogP contribution is 2.02. The lowest BCUT2D eigenvalue weighted by Crippen LogP contribution is -1.99. The number of carbonyl (C=O) groups is 1. The van der Waals surface area contributed by atoms with Gasteiger partial charge in [0.05, 0.1) is 11.8 Å². The highest BCUT2D eigenvalue weighted by atomic mass is 16.1. The Morgan fingerprint density at radius 2 is 2.46 bits per heavy atom. The van der Waals surface area contributed by atoms with Crippen molar-refractivity contribution in [2.75, 3.05) is 0 Å². The fraction of sp³-hybridized carbons (Fsp3) is 0. The summed E-state index contributed by atoms with van der Waals surface area (Å²) in [5.74, 6) is -0.148. The van der Waals surface area contributed by atoms with Gasteiger partial charge in [0.15, 0.2) is 11.4 Å². The van der Waals surface area contributed by atoms with Crippen LogP contribution in [0.1, 0.15) is 10.4 Å². The first-order valence-corrected chi connectivity index (χ1v) is 3.77. The summed E-state index contributed by atoms with van der Waals surface area (Å²) in [5.41, 5.74) is 1.21. The Kier molecular flexibility index (Phi) is 1.66. The van der Waals surface area contributed by atoms with Crippen molar-refractivity contribution in [3.8, 4) is 0 Å². The van der Waals surface area contributed by atoms with Crippen molar-refractivity contribution in [3.05, 3.63) is 42.9 Å². The van der Waals surface area contributed by atoms with Gasteiger partial charge in [-0.3, -0.25) is 4.79 Å². The van der Waals surface area contributed by atoms with E-state index >= 15 is 0 Å². The topological polar surface area (TPSA) is 47.3 Å². The summed E-state index contributed by atoms with van der Waals surface area (Å²) in [6.45, 7) is 3.40. The molecule has 0 fully saturated rings. The van der Waals surface area contributed by atoms with Gasteiger partial charge in [-0.25, -0.2) is 9.50 Å².